The lowest BCUT2D eigenvalue weighted by Gasteiger charge is -2.07. The van der Waals surface area contributed by atoms with Gasteiger partial charge in [-0.2, -0.15) is 0 Å². The lowest BCUT2D eigenvalue weighted by molar-refractivity contribution is -0.384. The number of fused-ring (bicyclic) bond motifs is 1. The molecule has 0 aliphatic heterocycles. The summed E-state index contributed by atoms with van der Waals surface area (Å²) in [5.41, 5.74) is 0.951. The molecule has 1 aromatic carbocycles. The predicted octanol–water partition coefficient (Wildman–Crippen LogP) is 1.24. The predicted molar refractivity (Wildman–Crippen MR) is 55.7 cm³/mol. The molecule has 1 heterocycles. The van der Waals surface area contributed by atoms with Gasteiger partial charge >= 0.3 is 0 Å². The van der Waals surface area contributed by atoms with Crippen molar-refractivity contribution in [2.45, 2.75) is 19.6 Å². The van der Waals surface area contributed by atoms with Gasteiger partial charge in [0.15, 0.2) is 0 Å². The fraction of sp³-hybridized carbons (Fsp3) is 0.333. The van der Waals surface area contributed by atoms with Crippen molar-refractivity contribution in [3.63, 3.8) is 0 Å². The van der Waals surface area contributed by atoms with E-state index in [2.05, 4.69) is 10.3 Å². The van der Waals surface area contributed by atoms with Gasteiger partial charge in [0, 0.05) is 12.1 Å². The lowest BCUT2D eigenvalue weighted by atomic mass is 10.2. The molecular weight excluding hydrogens is 212 g/mol. The zero-order valence-corrected chi connectivity index (χ0v) is 8.57. The Kier molecular flexibility index (Phi) is 2.53. The highest BCUT2D eigenvalue weighted by Gasteiger charge is 2.14. The van der Waals surface area contributed by atoms with Gasteiger partial charge in [-0.25, -0.2) is 4.68 Å². The number of nitro benzene ring substituents is 1. The normalized spacial score (nSPS) is 12.9. The highest BCUT2D eigenvalue weighted by Crippen LogP contribution is 2.21. The van der Waals surface area contributed by atoms with E-state index in [1.165, 1.54) is 22.9 Å². The molecule has 16 heavy (non-hydrogen) atoms. The molecule has 0 aliphatic rings. The molecule has 1 N–H and O–H groups in total. The van der Waals surface area contributed by atoms with Crippen LogP contribution in [0.15, 0.2) is 18.2 Å². The average molecular weight is 222 g/mol. The molecule has 0 aliphatic carbocycles. The molecule has 0 fully saturated rings. The van der Waals surface area contributed by atoms with E-state index in [9.17, 15) is 15.2 Å². The van der Waals surface area contributed by atoms with Crippen LogP contribution in [0.3, 0.4) is 0 Å². The van der Waals surface area contributed by atoms with Crippen molar-refractivity contribution in [3.05, 3.63) is 28.3 Å². The van der Waals surface area contributed by atoms with Gasteiger partial charge < -0.3 is 5.11 Å². The first-order valence-electron chi connectivity index (χ1n) is 4.81. The lowest BCUT2D eigenvalue weighted by Crippen LogP contribution is -2.08. The number of hydrogen-bond acceptors (Lipinski definition) is 5. The summed E-state index contributed by atoms with van der Waals surface area (Å²) in [6.07, 6.45) is -0.262. The van der Waals surface area contributed by atoms with Gasteiger partial charge in [0.05, 0.1) is 10.4 Å². The van der Waals surface area contributed by atoms with Crippen LogP contribution in [0, 0.1) is 10.1 Å². The van der Waals surface area contributed by atoms with Crippen LogP contribution < -0.4 is 0 Å². The Balaban J connectivity index is 2.54. The van der Waals surface area contributed by atoms with Crippen LogP contribution in [0.2, 0.25) is 0 Å². The van der Waals surface area contributed by atoms with Crippen molar-refractivity contribution >= 4 is 16.7 Å². The number of nitrogens with zero attached hydrogens (tertiary/aromatic N) is 4. The van der Waals surface area contributed by atoms with Crippen LogP contribution in [0.5, 0.6) is 0 Å². The largest absolute Gasteiger partial charge is 0.372 e. The molecule has 0 spiro atoms. The maximum Gasteiger partial charge on any atom is 0.271 e. The summed E-state index contributed by atoms with van der Waals surface area (Å²) in [5.74, 6) is 0. The molecule has 7 nitrogen and oxygen atoms in total. The molecule has 0 saturated carbocycles. The van der Waals surface area contributed by atoms with E-state index in [-0.39, 0.29) is 5.69 Å². The van der Waals surface area contributed by atoms with Crippen LogP contribution in [0.1, 0.15) is 19.6 Å². The van der Waals surface area contributed by atoms with Crippen molar-refractivity contribution in [2.75, 3.05) is 0 Å². The molecule has 1 atom stereocenters. The maximum atomic E-state index is 10.5. The minimum absolute atomic E-state index is 0.0365. The standard InChI is InChI=1S/C9H10N4O3/c1-2-9(14)12-8-4-3-6(13(15)16)5-7(8)10-11-12/h3-5,9,14H,2H2,1H3. The van der Waals surface area contributed by atoms with Gasteiger partial charge in [0.1, 0.15) is 11.7 Å². The number of aliphatic hydroxyl groups is 1. The highest BCUT2D eigenvalue weighted by atomic mass is 16.6. The first kappa shape index (κ1) is 10.5. The van der Waals surface area contributed by atoms with Gasteiger partial charge in [0.25, 0.3) is 5.69 Å². The number of aromatic nitrogens is 3. The summed E-state index contributed by atoms with van der Waals surface area (Å²) < 4.78 is 1.35. The molecule has 7 heteroatoms. The Morgan fingerprint density at radius 1 is 1.62 bits per heavy atom. The average Bonchev–Trinajstić information content (AvgIpc) is 2.70. The molecule has 1 unspecified atom stereocenters. The van der Waals surface area contributed by atoms with Crippen molar-refractivity contribution in [1.82, 2.24) is 15.0 Å². The van der Waals surface area contributed by atoms with Crippen molar-refractivity contribution < 1.29 is 10.0 Å². The SMILES string of the molecule is CCC(O)n1nnc2cc([N+](=O)[O-])ccc21. The molecule has 0 saturated heterocycles. The molecule has 1 aromatic heterocycles. The zero-order chi connectivity index (χ0) is 11.7. The molecule has 2 aromatic rings. The third-order valence-corrected chi connectivity index (χ3v) is 2.31. The molecule has 2 rings (SSSR count). The Hall–Kier alpha value is -2.02. The third-order valence-electron chi connectivity index (χ3n) is 2.31. The number of rotatable bonds is 3. The number of benzene rings is 1. The Labute approximate surface area is 90.5 Å². The van der Waals surface area contributed by atoms with E-state index in [4.69, 9.17) is 0 Å². The number of non-ortho nitro benzene ring substituents is 1. The smallest absolute Gasteiger partial charge is 0.271 e. The Morgan fingerprint density at radius 3 is 3.00 bits per heavy atom. The molecule has 0 radical (unpaired) electrons. The quantitative estimate of drug-likeness (QED) is 0.622. The van der Waals surface area contributed by atoms with Crippen LogP contribution in [-0.4, -0.2) is 25.0 Å². The third kappa shape index (κ3) is 1.61. The minimum Gasteiger partial charge on any atom is -0.372 e. The molecule has 0 bridgehead atoms. The van der Waals surface area contributed by atoms with Gasteiger partial charge in [-0.05, 0) is 12.5 Å². The van der Waals surface area contributed by atoms with Crippen LogP contribution >= 0.6 is 0 Å². The van der Waals surface area contributed by atoms with Crippen LogP contribution in [0.25, 0.3) is 11.0 Å². The maximum absolute atomic E-state index is 10.5. The van der Waals surface area contributed by atoms with Gasteiger partial charge in [0.2, 0.25) is 0 Å². The first-order chi connectivity index (χ1) is 7.63. The van der Waals surface area contributed by atoms with E-state index in [1.807, 2.05) is 6.92 Å². The summed E-state index contributed by atoms with van der Waals surface area (Å²) in [5, 5.41) is 27.7. The van der Waals surface area contributed by atoms with Crippen LogP contribution in [-0.2, 0) is 0 Å². The Bertz CT molecular complexity index is 537. The van der Waals surface area contributed by atoms with Crippen molar-refractivity contribution in [3.8, 4) is 0 Å². The number of aliphatic hydroxyl groups excluding tert-OH is 1. The van der Waals surface area contributed by atoms with Crippen molar-refractivity contribution in [1.29, 1.82) is 0 Å². The summed E-state index contributed by atoms with van der Waals surface area (Å²) in [4.78, 5) is 10.1. The topological polar surface area (TPSA) is 94.1 Å². The summed E-state index contributed by atoms with van der Waals surface area (Å²) in [6, 6.07) is 4.23. The second kappa shape index (κ2) is 3.86. The molecular formula is C9H10N4O3. The minimum atomic E-state index is -0.758. The van der Waals surface area contributed by atoms with Crippen molar-refractivity contribution in [2.24, 2.45) is 0 Å². The fourth-order valence-electron chi connectivity index (χ4n) is 1.44. The fourth-order valence-corrected chi connectivity index (χ4v) is 1.44. The van der Waals surface area contributed by atoms with Gasteiger partial charge in [-0.15, -0.1) is 5.10 Å². The van der Waals surface area contributed by atoms with E-state index in [1.54, 1.807) is 0 Å². The van der Waals surface area contributed by atoms with Gasteiger partial charge in [-0.1, -0.05) is 12.1 Å². The van der Waals surface area contributed by atoms with Crippen LogP contribution in [0.4, 0.5) is 5.69 Å². The Morgan fingerprint density at radius 2 is 2.38 bits per heavy atom. The highest BCUT2D eigenvalue weighted by molar-refractivity contribution is 5.77. The summed E-state index contributed by atoms with van der Waals surface area (Å²) in [7, 11) is 0. The summed E-state index contributed by atoms with van der Waals surface area (Å²) >= 11 is 0. The second-order valence-corrected chi connectivity index (χ2v) is 3.35. The number of nitro groups is 1. The first-order valence-corrected chi connectivity index (χ1v) is 4.81. The van der Waals surface area contributed by atoms with E-state index >= 15 is 0 Å². The van der Waals surface area contributed by atoms with E-state index < -0.39 is 11.2 Å². The number of hydrogen-bond donors (Lipinski definition) is 1. The molecule has 84 valence electrons. The monoisotopic (exact) mass is 222 g/mol. The van der Waals surface area contributed by atoms with E-state index in [0.717, 1.165) is 0 Å². The van der Waals surface area contributed by atoms with E-state index in [0.29, 0.717) is 17.5 Å². The zero-order valence-electron chi connectivity index (χ0n) is 8.57. The second-order valence-electron chi connectivity index (χ2n) is 3.35. The van der Waals surface area contributed by atoms with Gasteiger partial charge in [-0.3, -0.25) is 10.1 Å². The summed E-state index contributed by atoms with van der Waals surface area (Å²) in [6.45, 7) is 1.81. The molecule has 0 amide bonds.